The smallest absolute Gasteiger partial charge is 0.320 e. The molecule has 7 nitrogen and oxygen atoms in total. The number of ketones is 1. The molecule has 1 amide bonds. The summed E-state index contributed by atoms with van der Waals surface area (Å²) in [7, 11) is 1.35. The highest BCUT2D eigenvalue weighted by Gasteiger charge is 2.47. The van der Waals surface area contributed by atoms with Crippen LogP contribution in [0.25, 0.3) is 0 Å². The van der Waals surface area contributed by atoms with Gasteiger partial charge in [-0.25, -0.2) is 0 Å². The maximum atomic E-state index is 13.4. The van der Waals surface area contributed by atoms with E-state index in [0.717, 1.165) is 11.3 Å². The summed E-state index contributed by atoms with van der Waals surface area (Å²) >= 11 is 12.3. The van der Waals surface area contributed by atoms with Crippen molar-refractivity contribution in [2.75, 3.05) is 38.2 Å². The van der Waals surface area contributed by atoms with Crippen LogP contribution in [0, 0.1) is 11.8 Å². The molecule has 2 aromatic rings. The highest BCUT2D eigenvalue weighted by atomic mass is 35.5. The van der Waals surface area contributed by atoms with Gasteiger partial charge in [0.15, 0.2) is 17.8 Å². The van der Waals surface area contributed by atoms with Crippen LogP contribution in [0.3, 0.4) is 0 Å². The van der Waals surface area contributed by atoms with E-state index < -0.39 is 18.0 Å². The maximum absolute atomic E-state index is 13.4. The third-order valence-electron chi connectivity index (χ3n) is 6.37. The molecule has 1 aliphatic carbocycles. The van der Waals surface area contributed by atoms with E-state index in [4.69, 9.17) is 32.7 Å². The van der Waals surface area contributed by atoms with Crippen molar-refractivity contribution >= 4 is 46.5 Å². The molecular formula is C26H28Cl2N2O5. The first-order valence-electron chi connectivity index (χ1n) is 11.6. The molecule has 1 heterocycles. The van der Waals surface area contributed by atoms with Crippen LogP contribution < -0.4 is 4.90 Å². The molecule has 1 aliphatic heterocycles. The van der Waals surface area contributed by atoms with Gasteiger partial charge in [0.25, 0.3) is 5.91 Å². The monoisotopic (exact) mass is 518 g/mol. The molecule has 0 bridgehead atoms. The second-order valence-electron chi connectivity index (χ2n) is 8.84. The van der Waals surface area contributed by atoms with Crippen LogP contribution in [0.1, 0.15) is 18.4 Å². The Morgan fingerprint density at radius 1 is 0.971 bits per heavy atom. The highest BCUT2D eigenvalue weighted by molar-refractivity contribution is 6.35. The molecule has 2 fully saturated rings. The first kappa shape index (κ1) is 25.5. The van der Waals surface area contributed by atoms with Gasteiger partial charge in [-0.05, 0) is 36.6 Å². The molecule has 2 atom stereocenters. The van der Waals surface area contributed by atoms with Crippen molar-refractivity contribution in [1.82, 2.24) is 4.90 Å². The van der Waals surface area contributed by atoms with Gasteiger partial charge in [-0.1, -0.05) is 53.5 Å². The van der Waals surface area contributed by atoms with Gasteiger partial charge in [-0.15, -0.1) is 0 Å². The lowest BCUT2D eigenvalue weighted by atomic mass is 9.93. The Balaban J connectivity index is 1.43. The van der Waals surface area contributed by atoms with Gasteiger partial charge in [0, 0.05) is 54.9 Å². The number of nitrogens with zero attached hydrogens (tertiary/aromatic N) is 2. The SMILES string of the molecule is COC(C(=O)N1CCN(c2cc(Cl)cc(Cl)c2)CC1)C(C(=O)OCc1ccccc1)C(=O)C1CC1. The third kappa shape index (κ3) is 6.34. The highest BCUT2D eigenvalue weighted by Crippen LogP contribution is 2.35. The van der Waals surface area contributed by atoms with Crippen molar-refractivity contribution in [3.8, 4) is 0 Å². The predicted octanol–water partition coefficient (Wildman–Crippen LogP) is 4.00. The Hall–Kier alpha value is -2.61. The van der Waals surface area contributed by atoms with Crippen LogP contribution in [0.5, 0.6) is 0 Å². The number of amides is 1. The average molecular weight is 519 g/mol. The molecule has 2 unspecified atom stereocenters. The van der Waals surface area contributed by atoms with Crippen LogP contribution in [0.2, 0.25) is 10.0 Å². The fourth-order valence-corrected chi connectivity index (χ4v) is 4.81. The molecular weight excluding hydrogens is 491 g/mol. The molecule has 2 aromatic carbocycles. The fourth-order valence-electron chi connectivity index (χ4n) is 4.30. The topological polar surface area (TPSA) is 76.2 Å². The summed E-state index contributed by atoms with van der Waals surface area (Å²) in [6.45, 7) is 1.95. The number of rotatable bonds is 9. The number of carbonyl (C=O) groups is 3. The van der Waals surface area contributed by atoms with Crippen molar-refractivity contribution in [1.29, 1.82) is 0 Å². The van der Waals surface area contributed by atoms with Crippen molar-refractivity contribution < 1.29 is 23.9 Å². The average Bonchev–Trinajstić information content (AvgIpc) is 3.71. The zero-order valence-corrected chi connectivity index (χ0v) is 21.0. The van der Waals surface area contributed by atoms with Gasteiger partial charge in [0.2, 0.25) is 0 Å². The molecule has 35 heavy (non-hydrogen) atoms. The summed E-state index contributed by atoms with van der Waals surface area (Å²) in [6, 6.07) is 14.5. The normalized spacial score (nSPS) is 17.6. The van der Waals surface area contributed by atoms with E-state index in [0.29, 0.717) is 49.1 Å². The number of anilines is 1. The number of esters is 1. The Labute approximate surface area is 214 Å². The number of ether oxygens (including phenoxy) is 2. The minimum Gasteiger partial charge on any atom is -0.460 e. The van der Waals surface area contributed by atoms with E-state index in [1.54, 1.807) is 11.0 Å². The first-order chi connectivity index (χ1) is 16.9. The Morgan fingerprint density at radius 3 is 2.17 bits per heavy atom. The summed E-state index contributed by atoms with van der Waals surface area (Å²) in [6.07, 6.45) is 0.207. The van der Waals surface area contributed by atoms with Gasteiger partial charge in [-0.2, -0.15) is 0 Å². The summed E-state index contributed by atoms with van der Waals surface area (Å²) < 4.78 is 10.9. The number of hydrogen-bond donors (Lipinski definition) is 0. The van der Waals surface area contributed by atoms with E-state index in [1.807, 2.05) is 42.5 Å². The molecule has 0 radical (unpaired) electrons. The predicted molar refractivity (Wildman–Crippen MR) is 134 cm³/mol. The number of benzene rings is 2. The summed E-state index contributed by atoms with van der Waals surface area (Å²) in [5, 5.41) is 1.08. The lowest BCUT2D eigenvalue weighted by Gasteiger charge is -2.38. The lowest BCUT2D eigenvalue weighted by Crippen LogP contribution is -2.55. The molecule has 2 aliphatic rings. The Bertz CT molecular complexity index is 1050. The van der Waals surface area contributed by atoms with Gasteiger partial charge >= 0.3 is 5.97 Å². The van der Waals surface area contributed by atoms with E-state index in [2.05, 4.69) is 4.90 Å². The number of carbonyl (C=O) groups excluding carboxylic acids is 3. The minimum absolute atomic E-state index is 0.0274. The maximum Gasteiger partial charge on any atom is 0.320 e. The van der Waals surface area contributed by atoms with Crippen molar-refractivity contribution in [2.45, 2.75) is 25.6 Å². The number of piperazine rings is 1. The summed E-state index contributed by atoms with van der Waals surface area (Å²) in [4.78, 5) is 43.3. The van der Waals surface area contributed by atoms with Crippen molar-refractivity contribution in [3.63, 3.8) is 0 Å². The van der Waals surface area contributed by atoms with Crippen molar-refractivity contribution in [2.24, 2.45) is 11.8 Å². The third-order valence-corrected chi connectivity index (χ3v) is 6.80. The minimum atomic E-state index is -1.28. The number of hydrogen-bond acceptors (Lipinski definition) is 6. The van der Waals surface area contributed by atoms with Gasteiger partial charge in [0.05, 0.1) is 0 Å². The van der Waals surface area contributed by atoms with Crippen LogP contribution in [0.15, 0.2) is 48.5 Å². The van der Waals surface area contributed by atoms with E-state index in [9.17, 15) is 14.4 Å². The molecule has 186 valence electrons. The number of methoxy groups -OCH3 is 1. The molecule has 0 aromatic heterocycles. The standard InChI is InChI=1S/C26H28Cl2N2O5/c1-34-24(22(23(31)18-7-8-18)26(33)35-16-17-5-3-2-4-6-17)25(32)30-11-9-29(10-12-30)21-14-19(27)13-20(28)15-21/h2-6,13-15,18,22,24H,7-12,16H2,1H3. The van der Waals surface area contributed by atoms with Gasteiger partial charge < -0.3 is 19.3 Å². The van der Waals surface area contributed by atoms with E-state index in [-0.39, 0.29) is 24.2 Å². The summed E-state index contributed by atoms with van der Waals surface area (Å²) in [5.41, 5.74) is 1.68. The molecule has 0 spiro atoms. The zero-order valence-electron chi connectivity index (χ0n) is 19.5. The van der Waals surface area contributed by atoms with Crippen LogP contribution in [-0.4, -0.2) is 62.0 Å². The fraction of sp³-hybridized carbons (Fsp3) is 0.423. The zero-order chi connectivity index (χ0) is 24.9. The Morgan fingerprint density at radius 2 is 1.60 bits per heavy atom. The van der Waals surface area contributed by atoms with Crippen molar-refractivity contribution in [3.05, 3.63) is 64.1 Å². The van der Waals surface area contributed by atoms with E-state index >= 15 is 0 Å². The molecule has 1 saturated carbocycles. The first-order valence-corrected chi connectivity index (χ1v) is 12.4. The lowest BCUT2D eigenvalue weighted by molar-refractivity contribution is -0.166. The largest absolute Gasteiger partial charge is 0.460 e. The second kappa shape index (κ2) is 11.4. The van der Waals surface area contributed by atoms with Crippen LogP contribution in [0.4, 0.5) is 5.69 Å². The number of Topliss-reactive ketones (excluding diaryl/α,β-unsaturated/α-hetero) is 1. The van der Waals surface area contributed by atoms with Gasteiger partial charge in [-0.3, -0.25) is 14.4 Å². The molecule has 9 heteroatoms. The number of halogens is 2. The molecule has 4 rings (SSSR count). The quantitative estimate of drug-likeness (QED) is 0.369. The Kier molecular flexibility index (Phi) is 8.31. The second-order valence-corrected chi connectivity index (χ2v) is 9.72. The summed E-state index contributed by atoms with van der Waals surface area (Å²) in [5.74, 6) is -2.90. The van der Waals surface area contributed by atoms with Crippen LogP contribution >= 0.6 is 23.2 Å². The van der Waals surface area contributed by atoms with Crippen LogP contribution in [-0.2, 0) is 30.5 Å². The van der Waals surface area contributed by atoms with Gasteiger partial charge in [0.1, 0.15) is 6.61 Å². The van der Waals surface area contributed by atoms with E-state index in [1.165, 1.54) is 7.11 Å². The molecule has 1 saturated heterocycles. The molecule has 0 N–H and O–H groups in total.